The first kappa shape index (κ1) is 21.0. The minimum absolute atomic E-state index is 0. The van der Waals surface area contributed by atoms with E-state index in [0.717, 1.165) is 50.8 Å². The molecular formula is C17H28Cl2N4O. The Balaban J connectivity index is 0.00000144. The topological polar surface area (TPSA) is 57.3 Å². The Morgan fingerprint density at radius 1 is 1.17 bits per heavy atom. The molecule has 0 aliphatic carbocycles. The molecule has 2 aliphatic rings. The van der Waals surface area contributed by atoms with E-state index < -0.39 is 0 Å². The fraction of sp³-hybridized carbons (Fsp3) is 0.647. The second-order valence-electron chi connectivity index (χ2n) is 6.57. The van der Waals surface area contributed by atoms with Crippen molar-refractivity contribution in [3.05, 3.63) is 23.9 Å². The molecule has 5 nitrogen and oxygen atoms in total. The summed E-state index contributed by atoms with van der Waals surface area (Å²) in [6, 6.07) is 4.17. The molecule has 0 saturated carbocycles. The molecule has 3 heterocycles. The Morgan fingerprint density at radius 2 is 1.83 bits per heavy atom. The van der Waals surface area contributed by atoms with E-state index in [0.29, 0.717) is 5.56 Å². The number of amides is 1. The van der Waals surface area contributed by atoms with Crippen molar-refractivity contribution in [2.45, 2.75) is 38.6 Å². The van der Waals surface area contributed by atoms with Gasteiger partial charge in [-0.3, -0.25) is 4.79 Å². The van der Waals surface area contributed by atoms with Crippen LogP contribution in [0, 0.1) is 5.92 Å². The van der Waals surface area contributed by atoms with Gasteiger partial charge in [0.05, 0.1) is 5.56 Å². The highest BCUT2D eigenvalue weighted by molar-refractivity contribution is 5.94. The largest absolute Gasteiger partial charge is 0.357 e. The molecule has 1 amide bonds. The monoisotopic (exact) mass is 374 g/mol. The third kappa shape index (κ3) is 5.50. The average molecular weight is 375 g/mol. The lowest BCUT2D eigenvalue weighted by Gasteiger charge is -2.31. The smallest absolute Gasteiger partial charge is 0.253 e. The van der Waals surface area contributed by atoms with E-state index in [-0.39, 0.29) is 36.8 Å². The summed E-state index contributed by atoms with van der Waals surface area (Å²) >= 11 is 0. The second kappa shape index (κ2) is 10.1. The predicted octanol–water partition coefficient (Wildman–Crippen LogP) is 2.64. The fourth-order valence-electron chi connectivity index (χ4n) is 3.18. The minimum atomic E-state index is -0.00165. The summed E-state index contributed by atoms with van der Waals surface area (Å²) in [5.41, 5.74) is 0.660. The lowest BCUT2D eigenvalue weighted by molar-refractivity contribution is 0.0929. The molecule has 0 bridgehead atoms. The Kier molecular flexibility index (Phi) is 8.81. The molecule has 2 aliphatic heterocycles. The number of halogens is 2. The Labute approximate surface area is 156 Å². The van der Waals surface area contributed by atoms with E-state index in [4.69, 9.17) is 0 Å². The van der Waals surface area contributed by atoms with Crippen LogP contribution in [0.2, 0.25) is 0 Å². The van der Waals surface area contributed by atoms with Gasteiger partial charge in [-0.05, 0) is 56.8 Å². The third-order valence-corrected chi connectivity index (χ3v) is 4.79. The maximum absolute atomic E-state index is 12.3. The highest BCUT2D eigenvalue weighted by Gasteiger charge is 2.19. The van der Waals surface area contributed by atoms with Crippen LogP contribution >= 0.6 is 24.8 Å². The van der Waals surface area contributed by atoms with Crippen LogP contribution in [0.3, 0.4) is 0 Å². The number of rotatable bonds is 3. The van der Waals surface area contributed by atoms with Gasteiger partial charge in [-0.25, -0.2) is 4.98 Å². The van der Waals surface area contributed by atoms with Gasteiger partial charge in [0.1, 0.15) is 5.82 Å². The van der Waals surface area contributed by atoms with Crippen LogP contribution in [-0.4, -0.2) is 43.1 Å². The van der Waals surface area contributed by atoms with Crippen LogP contribution in [-0.2, 0) is 0 Å². The van der Waals surface area contributed by atoms with Gasteiger partial charge < -0.3 is 15.5 Å². The lowest BCUT2D eigenvalue weighted by atomic mass is 9.99. The summed E-state index contributed by atoms with van der Waals surface area (Å²) in [7, 11) is 0. The van der Waals surface area contributed by atoms with Crippen molar-refractivity contribution in [1.29, 1.82) is 0 Å². The van der Waals surface area contributed by atoms with Gasteiger partial charge in [0.2, 0.25) is 0 Å². The Bertz CT molecular complexity index is 498. The first-order valence-corrected chi connectivity index (χ1v) is 8.45. The first-order chi connectivity index (χ1) is 10.7. The van der Waals surface area contributed by atoms with Crippen molar-refractivity contribution < 1.29 is 4.79 Å². The van der Waals surface area contributed by atoms with E-state index in [2.05, 4.69) is 27.4 Å². The summed E-state index contributed by atoms with van der Waals surface area (Å²) in [6.45, 7) is 6.40. The molecule has 2 N–H and O–H groups in total. The standard InChI is InChI=1S/C17H26N4O.2ClH/c1-13-6-10-21(11-7-13)16-3-2-14(12-19-16)17(22)20-15-4-8-18-9-5-15;;/h2-3,12-13,15,18H,4-11H2,1H3,(H,20,22);2*1H. The van der Waals surface area contributed by atoms with E-state index in [9.17, 15) is 4.79 Å². The molecule has 0 atom stereocenters. The van der Waals surface area contributed by atoms with Crippen LogP contribution in [0.1, 0.15) is 43.0 Å². The Hall–Kier alpha value is -1.04. The molecule has 0 spiro atoms. The molecule has 1 aromatic heterocycles. The van der Waals surface area contributed by atoms with Crippen molar-refractivity contribution in [3.8, 4) is 0 Å². The van der Waals surface area contributed by atoms with Gasteiger partial charge in [-0.1, -0.05) is 6.92 Å². The van der Waals surface area contributed by atoms with Gasteiger partial charge in [-0.15, -0.1) is 24.8 Å². The Morgan fingerprint density at radius 3 is 2.42 bits per heavy atom. The number of carbonyl (C=O) groups excluding carboxylic acids is 1. The van der Waals surface area contributed by atoms with Gasteiger partial charge >= 0.3 is 0 Å². The van der Waals surface area contributed by atoms with Crippen molar-refractivity contribution in [3.63, 3.8) is 0 Å². The van der Waals surface area contributed by atoms with Crippen molar-refractivity contribution in [1.82, 2.24) is 15.6 Å². The summed E-state index contributed by atoms with van der Waals surface area (Å²) < 4.78 is 0. The van der Waals surface area contributed by atoms with Crippen LogP contribution in [0.4, 0.5) is 5.82 Å². The number of anilines is 1. The summed E-state index contributed by atoms with van der Waals surface area (Å²) in [5.74, 6) is 1.80. The second-order valence-corrected chi connectivity index (χ2v) is 6.57. The summed E-state index contributed by atoms with van der Waals surface area (Å²) in [4.78, 5) is 19.1. The van der Waals surface area contributed by atoms with Crippen LogP contribution in [0.15, 0.2) is 18.3 Å². The first-order valence-electron chi connectivity index (χ1n) is 8.45. The highest BCUT2D eigenvalue weighted by Crippen LogP contribution is 2.21. The maximum atomic E-state index is 12.3. The molecule has 0 unspecified atom stereocenters. The molecule has 0 radical (unpaired) electrons. The van der Waals surface area contributed by atoms with Crippen molar-refractivity contribution >= 4 is 36.5 Å². The third-order valence-electron chi connectivity index (χ3n) is 4.79. The number of aromatic nitrogens is 1. The van der Waals surface area contributed by atoms with Crippen LogP contribution < -0.4 is 15.5 Å². The average Bonchev–Trinajstić information content (AvgIpc) is 2.57. The summed E-state index contributed by atoms with van der Waals surface area (Å²) in [5, 5.41) is 6.41. The normalized spacial score (nSPS) is 19.1. The molecule has 2 fully saturated rings. The quantitative estimate of drug-likeness (QED) is 0.853. The number of hydrogen-bond donors (Lipinski definition) is 2. The molecule has 136 valence electrons. The van der Waals surface area contributed by atoms with Crippen molar-refractivity contribution in [2.24, 2.45) is 5.92 Å². The number of nitrogens with zero attached hydrogens (tertiary/aromatic N) is 2. The van der Waals surface area contributed by atoms with Crippen molar-refractivity contribution in [2.75, 3.05) is 31.1 Å². The van der Waals surface area contributed by atoms with Gasteiger partial charge in [0.15, 0.2) is 0 Å². The van der Waals surface area contributed by atoms with Crippen LogP contribution in [0.5, 0.6) is 0 Å². The van der Waals surface area contributed by atoms with E-state index >= 15 is 0 Å². The maximum Gasteiger partial charge on any atom is 0.253 e. The van der Waals surface area contributed by atoms with Crippen LogP contribution in [0.25, 0.3) is 0 Å². The molecule has 24 heavy (non-hydrogen) atoms. The van der Waals surface area contributed by atoms with E-state index in [1.54, 1.807) is 6.20 Å². The van der Waals surface area contributed by atoms with Gasteiger partial charge in [0, 0.05) is 25.3 Å². The zero-order valence-electron chi connectivity index (χ0n) is 14.2. The predicted molar refractivity (Wildman–Crippen MR) is 103 cm³/mol. The number of carbonyl (C=O) groups is 1. The highest BCUT2D eigenvalue weighted by atomic mass is 35.5. The van der Waals surface area contributed by atoms with Gasteiger partial charge in [0.25, 0.3) is 5.91 Å². The zero-order valence-corrected chi connectivity index (χ0v) is 15.8. The molecule has 7 heteroatoms. The molecule has 2 saturated heterocycles. The minimum Gasteiger partial charge on any atom is -0.357 e. The molecule has 0 aromatic carbocycles. The number of piperidine rings is 2. The van der Waals surface area contributed by atoms with E-state index in [1.807, 2.05) is 12.1 Å². The lowest BCUT2D eigenvalue weighted by Crippen LogP contribution is -2.42. The van der Waals surface area contributed by atoms with Gasteiger partial charge in [-0.2, -0.15) is 0 Å². The molecule has 3 rings (SSSR count). The number of pyridine rings is 1. The zero-order chi connectivity index (χ0) is 15.4. The molecular weight excluding hydrogens is 347 g/mol. The fourth-order valence-corrected chi connectivity index (χ4v) is 3.18. The molecule has 1 aromatic rings. The summed E-state index contributed by atoms with van der Waals surface area (Å²) in [6.07, 6.45) is 6.16. The van der Waals surface area contributed by atoms with E-state index in [1.165, 1.54) is 12.8 Å². The number of nitrogens with one attached hydrogen (secondary N) is 2. The number of hydrogen-bond acceptors (Lipinski definition) is 4. The SMILES string of the molecule is CC1CCN(c2ccc(C(=O)NC3CCNCC3)cn2)CC1.Cl.Cl.